The van der Waals surface area contributed by atoms with Gasteiger partial charge in [0.05, 0.1) is 5.02 Å². The monoisotopic (exact) mass is 184 g/mol. The fourth-order valence-electron chi connectivity index (χ4n) is 0.902. The molecule has 3 nitrogen and oxygen atoms in total. The summed E-state index contributed by atoms with van der Waals surface area (Å²) in [6.07, 6.45) is 1.75. The van der Waals surface area contributed by atoms with Crippen LogP contribution in [-0.4, -0.2) is 10.8 Å². The van der Waals surface area contributed by atoms with Crippen molar-refractivity contribution in [3.05, 3.63) is 22.8 Å². The Labute approximate surface area is 75.6 Å². The number of hydrogen-bond acceptors (Lipinski definition) is 3. The average molecular weight is 185 g/mol. The standard InChI is InChI=1S/C8H9ClN2O/c1-5(12)2-6-3-7(9)4-11-8(6)10/h3-4H,2H2,1H3,(H2,10,11). The Balaban J connectivity index is 2.97. The number of aromatic nitrogens is 1. The molecule has 0 amide bonds. The number of carbonyl (C=O) groups excluding carboxylic acids is 1. The first-order valence-corrected chi connectivity index (χ1v) is 3.86. The van der Waals surface area contributed by atoms with Gasteiger partial charge in [-0.2, -0.15) is 0 Å². The van der Waals surface area contributed by atoms with E-state index in [1.165, 1.54) is 13.1 Å². The minimum Gasteiger partial charge on any atom is -0.383 e. The number of nitrogens with two attached hydrogens (primary N) is 1. The lowest BCUT2D eigenvalue weighted by molar-refractivity contribution is -0.116. The van der Waals surface area contributed by atoms with Crippen LogP contribution >= 0.6 is 11.6 Å². The number of hydrogen-bond donors (Lipinski definition) is 1. The molecule has 0 aliphatic rings. The van der Waals surface area contributed by atoms with Crippen molar-refractivity contribution in [2.24, 2.45) is 0 Å². The number of halogens is 1. The molecule has 1 aromatic rings. The van der Waals surface area contributed by atoms with Crippen LogP contribution in [0.4, 0.5) is 5.82 Å². The third kappa shape index (κ3) is 2.20. The fraction of sp³-hybridized carbons (Fsp3) is 0.250. The molecule has 0 saturated heterocycles. The Bertz CT molecular complexity index is 312. The van der Waals surface area contributed by atoms with Crippen molar-refractivity contribution in [2.45, 2.75) is 13.3 Å². The first kappa shape index (κ1) is 9.00. The van der Waals surface area contributed by atoms with Crippen LogP contribution in [0.5, 0.6) is 0 Å². The number of anilines is 1. The zero-order valence-electron chi connectivity index (χ0n) is 6.67. The highest BCUT2D eigenvalue weighted by atomic mass is 35.5. The summed E-state index contributed by atoms with van der Waals surface area (Å²) in [4.78, 5) is 14.6. The molecule has 0 aliphatic heterocycles. The van der Waals surface area contributed by atoms with Gasteiger partial charge < -0.3 is 5.73 Å². The molecule has 1 rings (SSSR count). The molecule has 1 heterocycles. The van der Waals surface area contributed by atoms with E-state index in [-0.39, 0.29) is 5.78 Å². The highest BCUT2D eigenvalue weighted by molar-refractivity contribution is 6.30. The Morgan fingerprint density at radius 3 is 3.00 bits per heavy atom. The maximum Gasteiger partial charge on any atom is 0.134 e. The van der Waals surface area contributed by atoms with E-state index in [2.05, 4.69) is 4.98 Å². The normalized spacial score (nSPS) is 9.83. The molecule has 2 N–H and O–H groups in total. The van der Waals surface area contributed by atoms with E-state index in [0.717, 1.165) is 0 Å². The maximum atomic E-state index is 10.8. The van der Waals surface area contributed by atoms with Crippen LogP contribution in [0.1, 0.15) is 12.5 Å². The summed E-state index contributed by atoms with van der Waals surface area (Å²) in [6.45, 7) is 1.50. The molecule has 64 valence electrons. The van der Waals surface area contributed by atoms with Crippen molar-refractivity contribution in [3.63, 3.8) is 0 Å². The van der Waals surface area contributed by atoms with E-state index in [1.807, 2.05) is 0 Å². The number of Topliss-reactive ketones (excluding diaryl/α,β-unsaturated/α-hetero) is 1. The van der Waals surface area contributed by atoms with Gasteiger partial charge in [-0.05, 0) is 13.0 Å². The number of rotatable bonds is 2. The SMILES string of the molecule is CC(=O)Cc1cc(Cl)cnc1N. The van der Waals surface area contributed by atoms with Gasteiger partial charge in [0.15, 0.2) is 0 Å². The quantitative estimate of drug-likeness (QED) is 0.757. The molecule has 0 fully saturated rings. The molecule has 1 aromatic heterocycles. The van der Waals surface area contributed by atoms with Crippen LogP contribution in [0.2, 0.25) is 5.02 Å². The summed E-state index contributed by atoms with van der Waals surface area (Å²) in [5.41, 5.74) is 6.21. The summed E-state index contributed by atoms with van der Waals surface area (Å²) in [5, 5.41) is 0.500. The molecule has 0 bridgehead atoms. The van der Waals surface area contributed by atoms with Gasteiger partial charge in [-0.25, -0.2) is 4.98 Å². The van der Waals surface area contributed by atoms with Gasteiger partial charge in [-0.15, -0.1) is 0 Å². The predicted molar refractivity (Wildman–Crippen MR) is 48.0 cm³/mol. The topological polar surface area (TPSA) is 56.0 Å². The summed E-state index contributed by atoms with van der Waals surface area (Å²) in [5.74, 6) is 0.417. The lowest BCUT2D eigenvalue weighted by Crippen LogP contribution is -2.02. The number of ketones is 1. The molecule has 0 unspecified atom stereocenters. The van der Waals surface area contributed by atoms with E-state index in [9.17, 15) is 4.79 Å². The minimum absolute atomic E-state index is 0.0470. The van der Waals surface area contributed by atoms with Crippen molar-refractivity contribution in [3.8, 4) is 0 Å². The molecule has 0 saturated carbocycles. The van der Waals surface area contributed by atoms with E-state index < -0.39 is 0 Å². The fourth-order valence-corrected chi connectivity index (χ4v) is 1.08. The number of pyridine rings is 1. The molecule has 0 spiro atoms. The van der Waals surface area contributed by atoms with Gasteiger partial charge in [0.1, 0.15) is 11.6 Å². The first-order valence-electron chi connectivity index (χ1n) is 3.49. The van der Waals surface area contributed by atoms with E-state index in [0.29, 0.717) is 22.8 Å². The van der Waals surface area contributed by atoms with Crippen LogP contribution in [0, 0.1) is 0 Å². The Hall–Kier alpha value is -1.09. The summed E-state index contributed by atoms with van der Waals surface area (Å²) in [6, 6.07) is 1.66. The second kappa shape index (κ2) is 3.54. The largest absolute Gasteiger partial charge is 0.383 e. The van der Waals surface area contributed by atoms with Gasteiger partial charge in [0.2, 0.25) is 0 Å². The van der Waals surface area contributed by atoms with Crippen LogP contribution in [0.15, 0.2) is 12.3 Å². The van der Waals surface area contributed by atoms with Crippen LogP contribution in [0.25, 0.3) is 0 Å². The summed E-state index contributed by atoms with van der Waals surface area (Å²) < 4.78 is 0. The first-order chi connectivity index (χ1) is 5.59. The third-order valence-corrected chi connectivity index (χ3v) is 1.61. The molecule has 0 radical (unpaired) electrons. The lowest BCUT2D eigenvalue weighted by atomic mass is 10.1. The van der Waals surface area contributed by atoms with Crippen molar-refractivity contribution < 1.29 is 4.79 Å². The summed E-state index contributed by atoms with van der Waals surface area (Å²) >= 11 is 5.67. The van der Waals surface area contributed by atoms with Crippen molar-refractivity contribution in [1.82, 2.24) is 4.98 Å². The van der Waals surface area contributed by atoms with E-state index in [4.69, 9.17) is 17.3 Å². The molecular weight excluding hydrogens is 176 g/mol. The second-order valence-electron chi connectivity index (χ2n) is 2.58. The Morgan fingerprint density at radius 2 is 2.42 bits per heavy atom. The number of nitrogens with zero attached hydrogens (tertiary/aromatic N) is 1. The molecule has 12 heavy (non-hydrogen) atoms. The number of carbonyl (C=O) groups is 1. The third-order valence-electron chi connectivity index (χ3n) is 1.41. The van der Waals surface area contributed by atoms with Gasteiger partial charge in [-0.1, -0.05) is 11.6 Å². The predicted octanol–water partition coefficient (Wildman–Crippen LogP) is 1.45. The number of nitrogen functional groups attached to an aromatic ring is 1. The molecule has 0 aromatic carbocycles. The molecule has 4 heteroatoms. The molecule has 0 atom stereocenters. The zero-order chi connectivity index (χ0) is 9.14. The molecule has 0 aliphatic carbocycles. The highest BCUT2D eigenvalue weighted by Gasteiger charge is 2.03. The second-order valence-corrected chi connectivity index (χ2v) is 3.01. The summed E-state index contributed by atoms with van der Waals surface area (Å²) in [7, 11) is 0. The van der Waals surface area contributed by atoms with Crippen LogP contribution in [0.3, 0.4) is 0 Å². The average Bonchev–Trinajstić information content (AvgIpc) is 1.96. The van der Waals surface area contributed by atoms with Gasteiger partial charge >= 0.3 is 0 Å². The van der Waals surface area contributed by atoms with Gasteiger partial charge in [0, 0.05) is 18.2 Å². The van der Waals surface area contributed by atoms with Crippen LogP contribution < -0.4 is 5.73 Å². The zero-order valence-corrected chi connectivity index (χ0v) is 7.43. The van der Waals surface area contributed by atoms with Crippen LogP contribution in [-0.2, 0) is 11.2 Å². The lowest BCUT2D eigenvalue weighted by Gasteiger charge is -2.01. The van der Waals surface area contributed by atoms with Gasteiger partial charge in [0.25, 0.3) is 0 Å². The van der Waals surface area contributed by atoms with E-state index >= 15 is 0 Å². The van der Waals surface area contributed by atoms with Gasteiger partial charge in [-0.3, -0.25) is 4.79 Å². The van der Waals surface area contributed by atoms with Crippen molar-refractivity contribution in [2.75, 3.05) is 5.73 Å². The minimum atomic E-state index is 0.0470. The van der Waals surface area contributed by atoms with E-state index in [1.54, 1.807) is 6.07 Å². The van der Waals surface area contributed by atoms with Crippen molar-refractivity contribution in [1.29, 1.82) is 0 Å². The maximum absolute atomic E-state index is 10.8. The Kier molecular flexibility index (Phi) is 2.65. The van der Waals surface area contributed by atoms with Crippen molar-refractivity contribution >= 4 is 23.2 Å². The smallest absolute Gasteiger partial charge is 0.134 e. The Morgan fingerprint density at radius 1 is 1.75 bits per heavy atom. The molecular formula is C8H9ClN2O. The highest BCUT2D eigenvalue weighted by Crippen LogP contribution is 2.15.